The number of rotatable bonds is 14. The van der Waals surface area contributed by atoms with Gasteiger partial charge in [-0.2, -0.15) is 0 Å². The number of aliphatic carboxylic acids is 1. The van der Waals surface area contributed by atoms with Crippen LogP contribution < -0.4 is 21.7 Å². The number of nitrogens with two attached hydrogens (primary N) is 1. The number of amides is 3. The van der Waals surface area contributed by atoms with E-state index in [1.807, 2.05) is 24.3 Å². The number of para-hydroxylation sites is 1. The molecule has 220 valence electrons. The summed E-state index contributed by atoms with van der Waals surface area (Å²) in [5.74, 6) is -3.77. The molecule has 41 heavy (non-hydrogen) atoms. The molecule has 1 heterocycles. The predicted molar refractivity (Wildman–Crippen MR) is 152 cm³/mol. The van der Waals surface area contributed by atoms with Crippen molar-refractivity contribution in [3.05, 3.63) is 65.9 Å². The molecule has 0 saturated carbocycles. The number of phenolic OH excluding ortho intramolecular Hbond substituents is 1. The number of benzene rings is 2. The molecule has 0 aliphatic carbocycles. The fourth-order valence-corrected chi connectivity index (χ4v) is 4.39. The first-order valence-corrected chi connectivity index (χ1v) is 13.4. The molecular formula is C29H37N5O7. The van der Waals surface area contributed by atoms with Gasteiger partial charge in [0.05, 0.1) is 12.6 Å². The van der Waals surface area contributed by atoms with E-state index in [0.717, 1.165) is 10.9 Å². The number of aromatic amines is 1. The Balaban J connectivity index is 1.76. The summed E-state index contributed by atoms with van der Waals surface area (Å²) in [6.45, 7) is 2.74. The first-order chi connectivity index (χ1) is 19.5. The first-order valence-electron chi connectivity index (χ1n) is 13.4. The Labute approximate surface area is 237 Å². The van der Waals surface area contributed by atoms with Crippen LogP contribution in [0.1, 0.15) is 31.4 Å². The monoisotopic (exact) mass is 567 g/mol. The number of hydrogen-bond acceptors (Lipinski definition) is 7. The number of carboxylic acids is 1. The zero-order valence-electron chi connectivity index (χ0n) is 23.0. The predicted octanol–water partition coefficient (Wildman–Crippen LogP) is 0.563. The van der Waals surface area contributed by atoms with Crippen molar-refractivity contribution in [3.8, 4) is 5.75 Å². The quantitative estimate of drug-likeness (QED) is 0.138. The van der Waals surface area contributed by atoms with Crippen LogP contribution in [0, 0.1) is 5.92 Å². The van der Waals surface area contributed by atoms with Crippen LogP contribution in [0.15, 0.2) is 54.7 Å². The molecule has 1 aromatic heterocycles. The number of aliphatic hydroxyl groups excluding tert-OH is 1. The SMILES string of the molecule is CCC(C)C(NC(=O)C(Cc1c[nH]c2ccccc12)NC(=O)C(CO)NC(=O)C(N)Cc1ccc(O)cc1)C(=O)O. The number of aliphatic hydroxyl groups is 1. The van der Waals surface area contributed by atoms with Crippen molar-refractivity contribution in [2.45, 2.75) is 57.3 Å². The van der Waals surface area contributed by atoms with Gasteiger partial charge in [0.15, 0.2) is 0 Å². The molecule has 0 bridgehead atoms. The molecule has 2 aromatic carbocycles. The van der Waals surface area contributed by atoms with E-state index in [9.17, 15) is 34.5 Å². The van der Waals surface area contributed by atoms with Crippen molar-refractivity contribution in [2.75, 3.05) is 6.61 Å². The number of carbonyl (C=O) groups is 4. The van der Waals surface area contributed by atoms with E-state index < -0.39 is 54.5 Å². The van der Waals surface area contributed by atoms with Crippen LogP contribution in [-0.4, -0.2) is 74.8 Å². The summed E-state index contributed by atoms with van der Waals surface area (Å²) in [7, 11) is 0. The maximum Gasteiger partial charge on any atom is 0.326 e. The van der Waals surface area contributed by atoms with Gasteiger partial charge in [-0.1, -0.05) is 50.6 Å². The molecular weight excluding hydrogens is 530 g/mol. The molecule has 3 rings (SSSR count). The average molecular weight is 568 g/mol. The second kappa shape index (κ2) is 14.3. The van der Waals surface area contributed by atoms with Gasteiger partial charge >= 0.3 is 5.97 Å². The molecule has 9 N–H and O–H groups in total. The van der Waals surface area contributed by atoms with E-state index in [0.29, 0.717) is 17.5 Å². The van der Waals surface area contributed by atoms with Crippen molar-refractivity contribution in [1.29, 1.82) is 0 Å². The number of hydrogen-bond donors (Lipinski definition) is 8. The first kappa shape index (κ1) is 31.1. The Morgan fingerprint density at radius 2 is 1.54 bits per heavy atom. The van der Waals surface area contributed by atoms with Gasteiger partial charge < -0.3 is 42.0 Å². The summed E-state index contributed by atoms with van der Waals surface area (Å²) in [5.41, 5.74) is 8.20. The fraction of sp³-hybridized carbons (Fsp3) is 0.379. The summed E-state index contributed by atoms with van der Waals surface area (Å²) in [6.07, 6.45) is 2.33. The number of aromatic nitrogens is 1. The maximum absolute atomic E-state index is 13.4. The highest BCUT2D eigenvalue weighted by molar-refractivity contribution is 5.95. The molecule has 0 aliphatic rings. The van der Waals surface area contributed by atoms with Crippen LogP contribution in [0.5, 0.6) is 5.75 Å². The van der Waals surface area contributed by atoms with Gasteiger partial charge in [-0.05, 0) is 41.7 Å². The standard InChI is InChI=1S/C29H37N5O7/c1-3-16(2)25(29(40)41)34-27(38)23(13-18-14-31-22-7-5-4-6-20(18)22)32-28(39)24(15-35)33-26(37)21(30)12-17-8-10-19(36)11-9-17/h4-11,14,16,21,23-25,31,35-36H,3,12-13,15,30H2,1-2H3,(H,32,39)(H,33,37)(H,34,38)(H,40,41). The van der Waals surface area contributed by atoms with Gasteiger partial charge in [0.2, 0.25) is 17.7 Å². The molecule has 0 saturated heterocycles. The molecule has 5 atom stereocenters. The normalized spacial score (nSPS) is 14.8. The average Bonchev–Trinajstić information content (AvgIpc) is 3.37. The molecule has 12 heteroatoms. The second-order valence-corrected chi connectivity index (χ2v) is 10.1. The number of carboxylic acid groups (broad SMARTS) is 1. The molecule has 5 unspecified atom stereocenters. The van der Waals surface area contributed by atoms with Crippen molar-refractivity contribution < 1.29 is 34.5 Å². The highest BCUT2D eigenvalue weighted by atomic mass is 16.4. The van der Waals surface area contributed by atoms with Crippen LogP contribution in [0.3, 0.4) is 0 Å². The summed E-state index contributed by atoms with van der Waals surface area (Å²) in [5, 5.41) is 37.3. The van der Waals surface area contributed by atoms with Crippen LogP contribution in [0.25, 0.3) is 10.9 Å². The summed E-state index contributed by atoms with van der Waals surface area (Å²) >= 11 is 0. The van der Waals surface area contributed by atoms with E-state index in [1.54, 1.807) is 32.2 Å². The Bertz CT molecular complexity index is 1360. The minimum atomic E-state index is -1.42. The van der Waals surface area contributed by atoms with Gasteiger partial charge in [-0.3, -0.25) is 14.4 Å². The third-order valence-corrected chi connectivity index (χ3v) is 7.05. The van der Waals surface area contributed by atoms with Gasteiger partial charge in [0, 0.05) is 23.5 Å². The summed E-state index contributed by atoms with van der Waals surface area (Å²) < 4.78 is 0. The number of fused-ring (bicyclic) bond motifs is 1. The summed E-state index contributed by atoms with van der Waals surface area (Å²) in [6, 6.07) is 8.64. The topological polar surface area (TPSA) is 207 Å². The lowest BCUT2D eigenvalue weighted by atomic mass is 9.98. The third kappa shape index (κ3) is 8.29. The van der Waals surface area contributed by atoms with Crippen molar-refractivity contribution in [2.24, 2.45) is 11.7 Å². The number of phenols is 1. The number of carbonyl (C=O) groups excluding carboxylic acids is 3. The molecule has 0 fully saturated rings. The lowest BCUT2D eigenvalue weighted by Gasteiger charge is -2.26. The van der Waals surface area contributed by atoms with Crippen LogP contribution in [0.2, 0.25) is 0 Å². The molecule has 0 spiro atoms. The van der Waals surface area contributed by atoms with Crippen LogP contribution in [0.4, 0.5) is 0 Å². The van der Waals surface area contributed by atoms with Gasteiger partial charge in [0.1, 0.15) is 23.9 Å². The van der Waals surface area contributed by atoms with E-state index in [-0.39, 0.29) is 24.5 Å². The van der Waals surface area contributed by atoms with E-state index in [2.05, 4.69) is 20.9 Å². The highest BCUT2D eigenvalue weighted by Crippen LogP contribution is 2.20. The van der Waals surface area contributed by atoms with Gasteiger partial charge in [-0.25, -0.2) is 4.79 Å². The number of H-pyrrole nitrogens is 1. The van der Waals surface area contributed by atoms with E-state index in [1.165, 1.54) is 12.1 Å². The molecule has 0 radical (unpaired) electrons. The van der Waals surface area contributed by atoms with E-state index in [4.69, 9.17) is 5.73 Å². The van der Waals surface area contributed by atoms with E-state index >= 15 is 0 Å². The Hall–Kier alpha value is -4.42. The van der Waals surface area contributed by atoms with Crippen molar-refractivity contribution in [1.82, 2.24) is 20.9 Å². The fourth-order valence-electron chi connectivity index (χ4n) is 4.39. The minimum absolute atomic E-state index is 0.0148. The Kier molecular flexibility index (Phi) is 10.8. The number of nitrogens with one attached hydrogen (secondary N) is 4. The minimum Gasteiger partial charge on any atom is -0.508 e. The maximum atomic E-state index is 13.4. The second-order valence-electron chi connectivity index (χ2n) is 10.1. The molecule has 3 aromatic rings. The summed E-state index contributed by atoms with van der Waals surface area (Å²) in [4.78, 5) is 54.2. The van der Waals surface area contributed by atoms with Crippen LogP contribution in [-0.2, 0) is 32.0 Å². The lowest BCUT2D eigenvalue weighted by Crippen LogP contribution is -2.59. The number of aromatic hydroxyl groups is 1. The van der Waals surface area contributed by atoms with Gasteiger partial charge in [0.25, 0.3) is 0 Å². The molecule has 0 aliphatic heterocycles. The highest BCUT2D eigenvalue weighted by Gasteiger charge is 2.32. The Morgan fingerprint density at radius 1 is 0.902 bits per heavy atom. The zero-order chi connectivity index (χ0) is 30.1. The van der Waals surface area contributed by atoms with Crippen LogP contribution >= 0.6 is 0 Å². The molecule has 3 amide bonds. The Morgan fingerprint density at radius 3 is 2.17 bits per heavy atom. The lowest BCUT2D eigenvalue weighted by molar-refractivity contribution is -0.143. The zero-order valence-corrected chi connectivity index (χ0v) is 23.0. The van der Waals surface area contributed by atoms with Gasteiger partial charge in [-0.15, -0.1) is 0 Å². The largest absolute Gasteiger partial charge is 0.508 e. The third-order valence-electron chi connectivity index (χ3n) is 7.05. The van der Waals surface area contributed by atoms with Crippen molar-refractivity contribution in [3.63, 3.8) is 0 Å². The van der Waals surface area contributed by atoms with Crippen molar-refractivity contribution >= 4 is 34.6 Å². The molecule has 12 nitrogen and oxygen atoms in total. The smallest absolute Gasteiger partial charge is 0.326 e.